The lowest BCUT2D eigenvalue weighted by atomic mass is 9.95. The van der Waals surface area contributed by atoms with Crippen LogP contribution in [-0.4, -0.2) is 259 Å². The molecule has 8 amide bonds. The molecular weight excluding hydrogens is 1450 g/mol. The Bertz CT molecular complexity index is 3870. The number of nitrogens with zero attached hydrogens (tertiary/aromatic N) is 5. The van der Waals surface area contributed by atoms with Gasteiger partial charge in [-0.05, 0) is 105 Å². The Morgan fingerprint density at radius 2 is 1.25 bits per heavy atom. The van der Waals surface area contributed by atoms with E-state index >= 15 is 0 Å². The van der Waals surface area contributed by atoms with Crippen molar-refractivity contribution in [3.8, 4) is 23.0 Å². The van der Waals surface area contributed by atoms with Gasteiger partial charge in [-0.3, -0.25) is 58.1 Å². The number of amides is 8. The molecule has 112 heavy (non-hydrogen) atoms. The molecule has 1 fully saturated rings. The predicted octanol–water partition coefficient (Wildman–Crippen LogP) is 6.58. The fourth-order valence-electron chi connectivity index (χ4n) is 12.1. The van der Waals surface area contributed by atoms with Crippen LogP contribution in [0.5, 0.6) is 23.0 Å². The molecule has 5 N–H and O–H groups in total. The zero-order valence-electron chi connectivity index (χ0n) is 65.4. The van der Waals surface area contributed by atoms with Gasteiger partial charge < -0.3 is 93.1 Å². The van der Waals surface area contributed by atoms with Crippen molar-refractivity contribution in [2.24, 2.45) is 15.9 Å². The number of hydrogen-bond donors (Lipinski definition) is 5. The molecule has 4 aromatic rings. The van der Waals surface area contributed by atoms with Crippen LogP contribution in [0.3, 0.4) is 0 Å². The zero-order valence-corrected chi connectivity index (χ0v) is 65.4. The lowest BCUT2D eigenvalue weighted by Gasteiger charge is -2.30. The van der Waals surface area contributed by atoms with E-state index in [9.17, 15) is 43.2 Å². The fraction of sp³-hybridized carbons (Fsp3) is 0.537. The van der Waals surface area contributed by atoms with E-state index in [0.29, 0.717) is 194 Å². The second kappa shape index (κ2) is 46.3. The Hall–Kier alpha value is -9.77. The van der Waals surface area contributed by atoms with E-state index in [0.717, 1.165) is 28.9 Å². The first kappa shape index (κ1) is 87.8. The lowest BCUT2D eigenvalue weighted by molar-refractivity contribution is -0.137. The van der Waals surface area contributed by atoms with Crippen LogP contribution in [0, 0.1) is 5.92 Å². The summed E-state index contributed by atoms with van der Waals surface area (Å²) in [6, 6.07) is 17.2. The summed E-state index contributed by atoms with van der Waals surface area (Å²) in [6.07, 6.45) is 8.94. The first-order chi connectivity index (χ1) is 54.1. The van der Waals surface area contributed by atoms with Gasteiger partial charge in [0.1, 0.15) is 18.7 Å². The minimum Gasteiger partial charge on any atom is -0.493 e. The van der Waals surface area contributed by atoms with Gasteiger partial charge >= 0.3 is 6.09 Å². The van der Waals surface area contributed by atoms with Crippen molar-refractivity contribution < 1.29 is 105 Å². The summed E-state index contributed by atoms with van der Waals surface area (Å²) in [5.41, 5.74) is 5.16. The number of aliphatic imine (C=N–C) groups is 2. The van der Waals surface area contributed by atoms with E-state index in [1.807, 2.05) is 36.2 Å². The summed E-state index contributed by atoms with van der Waals surface area (Å²) in [5, 5.41) is 14.5. The Morgan fingerprint density at radius 3 is 1.85 bits per heavy atom. The van der Waals surface area contributed by atoms with Gasteiger partial charge in [0, 0.05) is 119 Å². The highest BCUT2D eigenvalue weighted by atomic mass is 16.6. The second-order valence-corrected chi connectivity index (χ2v) is 27.3. The minimum atomic E-state index is -0.953. The summed E-state index contributed by atoms with van der Waals surface area (Å²) < 4.78 is 73.5. The SMILES string of the molecule is COc1cc(C(C)=O)c(N=CC2Cc3ccc(N(C)C(=O)OCc4ccc(NC(=O)[C@H](C)NC(=O)[C@@H](NC(=O)CCOCCOCCOCCOCCOCCOCCOCCOCCCNC(=O)CCN5C(=O)C=CC5=O)C(C)C)cc4)cc3CN2)cc1OCCCOc1cc2c(cc1OC)C(=O)N1CCC[C@@]1(C)C=N2. The molecule has 4 aromatic carbocycles. The molecule has 1 unspecified atom stereocenters. The number of benzene rings is 4. The molecule has 0 radical (unpaired) electrons. The Balaban J connectivity index is 0.620. The van der Waals surface area contributed by atoms with Crippen LogP contribution in [0.1, 0.15) is 111 Å². The van der Waals surface area contributed by atoms with Gasteiger partial charge in [-0.25, -0.2) is 4.79 Å². The number of ether oxygens (including phenoxy) is 13. The van der Waals surface area contributed by atoms with Crippen molar-refractivity contribution in [2.45, 2.75) is 116 Å². The average molecular weight is 1560 g/mol. The molecule has 0 saturated carbocycles. The first-order valence-corrected chi connectivity index (χ1v) is 37.9. The Labute approximate surface area is 653 Å². The number of hydrogen-bond acceptors (Lipinski definition) is 25. The molecule has 0 spiro atoms. The Morgan fingerprint density at radius 1 is 0.661 bits per heavy atom. The summed E-state index contributed by atoms with van der Waals surface area (Å²) in [6.45, 7) is 16.6. The van der Waals surface area contributed by atoms with Gasteiger partial charge in [-0.15, -0.1) is 0 Å². The van der Waals surface area contributed by atoms with Gasteiger partial charge in [0.2, 0.25) is 23.6 Å². The summed E-state index contributed by atoms with van der Waals surface area (Å²) in [5.74, 6) is -1.32. The third kappa shape index (κ3) is 27.9. The molecule has 4 atom stereocenters. The molecule has 4 aliphatic rings. The third-order valence-electron chi connectivity index (χ3n) is 18.6. The largest absolute Gasteiger partial charge is 0.493 e. The topological polar surface area (TPSA) is 368 Å². The normalized spacial score (nSPS) is 16.2. The highest BCUT2D eigenvalue weighted by Gasteiger charge is 2.41. The molecule has 32 nitrogen and oxygen atoms in total. The molecule has 0 aliphatic carbocycles. The van der Waals surface area contributed by atoms with Gasteiger partial charge in [-0.2, -0.15) is 0 Å². The van der Waals surface area contributed by atoms with E-state index in [-0.39, 0.29) is 87.9 Å². The van der Waals surface area contributed by atoms with Crippen LogP contribution >= 0.6 is 0 Å². The van der Waals surface area contributed by atoms with Crippen LogP contribution in [0.2, 0.25) is 0 Å². The van der Waals surface area contributed by atoms with E-state index in [1.165, 1.54) is 38.2 Å². The monoisotopic (exact) mass is 1560 g/mol. The quantitative estimate of drug-likeness (QED) is 0.0135. The smallest absolute Gasteiger partial charge is 0.414 e. The molecular formula is C80H108N10O22. The maximum Gasteiger partial charge on any atom is 0.414 e. The van der Waals surface area contributed by atoms with Crippen molar-refractivity contribution in [1.29, 1.82) is 0 Å². The molecule has 0 aromatic heterocycles. The molecule has 1 saturated heterocycles. The van der Waals surface area contributed by atoms with Gasteiger partial charge in [0.25, 0.3) is 17.7 Å². The number of nitrogens with one attached hydrogen (secondary N) is 5. The highest BCUT2D eigenvalue weighted by Crippen LogP contribution is 2.41. The van der Waals surface area contributed by atoms with Crippen LogP contribution < -0.4 is 50.4 Å². The zero-order chi connectivity index (χ0) is 80.2. The van der Waals surface area contributed by atoms with Crippen molar-refractivity contribution >= 4 is 88.4 Å². The summed E-state index contributed by atoms with van der Waals surface area (Å²) in [4.78, 5) is 128. The van der Waals surface area contributed by atoms with Crippen molar-refractivity contribution in [2.75, 3.05) is 170 Å². The molecule has 610 valence electrons. The number of methoxy groups -OCH3 is 2. The van der Waals surface area contributed by atoms with Crippen LogP contribution in [-0.2, 0) is 91.0 Å². The standard InChI is InChI=1S/C80H108N10O22/c1-54(2)75(87-72(93)21-29-103-31-33-105-35-37-107-39-41-109-43-42-108-40-38-106-36-34-104-32-30-102-26-10-23-81-71(92)20-25-89-73(94)18-19-74(89)95)77(97)85-55(3)76(96)86-60-15-12-57(13-16-60)52-112-79(99)88(6)62-17-14-58-44-61(82-50-59(58)45-62)51-83-65-48-69(67(100-7)46-63(65)56(4)91)110-27-11-28-111-70-49-66-64(47-68(70)101-8)78(98)90-24-9-22-80(90,5)53-84-66/h12-19,45-49,51,53-55,61,75,82H,9-11,20-44,50,52H2,1-8H3,(H,81,92)(H,85,97)(H,86,96)(H,87,93)/t55-,61?,75-,80-/m0/s1. The molecule has 0 bridgehead atoms. The van der Waals surface area contributed by atoms with E-state index < -0.39 is 47.3 Å². The maximum atomic E-state index is 13.5. The number of imide groups is 1. The predicted molar refractivity (Wildman–Crippen MR) is 415 cm³/mol. The van der Waals surface area contributed by atoms with Crippen LogP contribution in [0.15, 0.2) is 88.9 Å². The Kier molecular flexibility index (Phi) is 36.3. The summed E-state index contributed by atoms with van der Waals surface area (Å²) >= 11 is 0. The van der Waals surface area contributed by atoms with Gasteiger partial charge in [-0.1, -0.05) is 32.0 Å². The lowest BCUT2D eigenvalue weighted by Crippen LogP contribution is -2.53. The third-order valence-corrected chi connectivity index (χ3v) is 18.6. The number of carbonyl (C=O) groups excluding carboxylic acids is 9. The number of carbonyl (C=O) groups is 9. The average Bonchev–Trinajstić information content (AvgIpc) is 1.61. The molecule has 4 aliphatic heterocycles. The van der Waals surface area contributed by atoms with Gasteiger partial charge in [0.05, 0.1) is 149 Å². The van der Waals surface area contributed by atoms with E-state index in [1.54, 1.807) is 82.6 Å². The van der Waals surface area contributed by atoms with Gasteiger partial charge in [0.15, 0.2) is 28.8 Å². The fourth-order valence-corrected chi connectivity index (χ4v) is 12.1. The number of Topliss-reactive ketones (excluding diaryl/α,β-unsaturated/α-hetero) is 1. The number of anilines is 2. The maximum absolute atomic E-state index is 13.5. The minimum absolute atomic E-state index is 0.00729. The van der Waals surface area contributed by atoms with Crippen molar-refractivity contribution in [3.05, 3.63) is 107 Å². The molecule has 4 heterocycles. The number of rotatable bonds is 51. The van der Waals surface area contributed by atoms with E-state index in [2.05, 4.69) is 26.6 Å². The number of fused-ring (bicyclic) bond motifs is 3. The molecule has 32 heteroatoms. The van der Waals surface area contributed by atoms with Crippen molar-refractivity contribution in [3.63, 3.8) is 0 Å². The molecule has 8 rings (SSSR count). The highest BCUT2D eigenvalue weighted by molar-refractivity contribution is 6.13. The van der Waals surface area contributed by atoms with Crippen molar-refractivity contribution in [1.82, 2.24) is 31.1 Å². The first-order valence-electron chi connectivity index (χ1n) is 37.9. The second-order valence-electron chi connectivity index (χ2n) is 27.3. The number of ketones is 1. The van der Waals surface area contributed by atoms with Crippen LogP contribution in [0.4, 0.5) is 27.5 Å². The summed E-state index contributed by atoms with van der Waals surface area (Å²) in [7, 11) is 4.67. The van der Waals surface area contributed by atoms with E-state index in [4.69, 9.17) is 71.6 Å². The van der Waals surface area contributed by atoms with Crippen LogP contribution in [0.25, 0.3) is 0 Å².